The van der Waals surface area contributed by atoms with E-state index in [1.807, 2.05) is 41.5 Å². The van der Waals surface area contributed by atoms with Crippen LogP contribution in [0.2, 0.25) is 0 Å². The monoisotopic (exact) mass is 191 g/mol. The van der Waals surface area contributed by atoms with Crippen LogP contribution in [0.3, 0.4) is 0 Å². The molecular formula is C11H20LiO2. The minimum Gasteiger partial charge on any atom is -0.299 e. The minimum absolute atomic E-state index is 0. The van der Waals surface area contributed by atoms with E-state index in [2.05, 4.69) is 0 Å². The smallest absolute Gasteiger partial charge is 0.145 e. The molecule has 0 aromatic carbocycles. The number of carbonyl (C=O) groups is 2. The molecule has 0 amide bonds. The SMILES string of the molecule is CC(C)(C)C(=O)CC(=O)C(C)(C)C.[Li]. The van der Waals surface area contributed by atoms with Crippen molar-refractivity contribution in [3.8, 4) is 0 Å². The Bertz CT molecular complexity index is 194. The minimum atomic E-state index is -0.402. The third-order valence-electron chi connectivity index (χ3n) is 1.99. The van der Waals surface area contributed by atoms with E-state index in [0.29, 0.717) is 0 Å². The second kappa shape index (κ2) is 5.14. The second-order valence-electron chi connectivity index (χ2n) is 5.52. The van der Waals surface area contributed by atoms with Crippen molar-refractivity contribution < 1.29 is 9.59 Å². The first-order valence-corrected chi connectivity index (χ1v) is 4.62. The van der Waals surface area contributed by atoms with Gasteiger partial charge < -0.3 is 0 Å². The second-order valence-corrected chi connectivity index (χ2v) is 5.52. The number of Topliss-reactive ketones (excluding diaryl/α,β-unsaturated/α-hetero) is 2. The fourth-order valence-electron chi connectivity index (χ4n) is 0.676. The summed E-state index contributed by atoms with van der Waals surface area (Å²) in [5, 5.41) is 0. The number of carbonyl (C=O) groups excluding carboxylic acids is 2. The summed E-state index contributed by atoms with van der Waals surface area (Å²) in [5.41, 5.74) is -0.804. The molecule has 0 aliphatic carbocycles. The molecule has 0 heterocycles. The average Bonchev–Trinajstić information content (AvgIpc) is 1.82. The van der Waals surface area contributed by atoms with Crippen molar-refractivity contribution in [3.05, 3.63) is 0 Å². The van der Waals surface area contributed by atoms with Crippen LogP contribution >= 0.6 is 0 Å². The van der Waals surface area contributed by atoms with Crippen LogP contribution in [-0.2, 0) is 9.59 Å². The Morgan fingerprint density at radius 1 is 0.786 bits per heavy atom. The molecule has 3 heteroatoms. The van der Waals surface area contributed by atoms with Gasteiger partial charge in [-0.1, -0.05) is 41.5 Å². The molecule has 0 aromatic heterocycles. The summed E-state index contributed by atoms with van der Waals surface area (Å²) in [5.74, 6) is 0.0415. The van der Waals surface area contributed by atoms with Crippen LogP contribution in [0, 0.1) is 10.8 Å². The predicted octanol–water partition coefficient (Wildman–Crippen LogP) is 2.23. The maximum absolute atomic E-state index is 11.5. The number of hydrogen-bond acceptors (Lipinski definition) is 2. The molecule has 0 unspecified atom stereocenters. The Labute approximate surface area is 99.0 Å². The maximum Gasteiger partial charge on any atom is 0.145 e. The molecule has 2 nitrogen and oxygen atoms in total. The molecular weight excluding hydrogens is 171 g/mol. The Hall–Kier alpha value is -0.0626. The Kier molecular flexibility index (Phi) is 6.01. The van der Waals surface area contributed by atoms with Crippen molar-refractivity contribution in [2.45, 2.75) is 48.0 Å². The van der Waals surface area contributed by atoms with Crippen molar-refractivity contribution >= 4 is 30.4 Å². The van der Waals surface area contributed by atoms with Gasteiger partial charge in [0.1, 0.15) is 11.6 Å². The molecule has 0 spiro atoms. The topological polar surface area (TPSA) is 34.1 Å². The van der Waals surface area contributed by atoms with Gasteiger partial charge in [-0.2, -0.15) is 0 Å². The molecule has 14 heavy (non-hydrogen) atoms. The van der Waals surface area contributed by atoms with E-state index in [1.165, 1.54) is 0 Å². The standard InChI is InChI=1S/C11H20O2.Li/c1-10(2,3)8(12)7-9(13)11(4,5)6;/h7H2,1-6H3;. The molecule has 0 rings (SSSR count). The van der Waals surface area contributed by atoms with Crippen LogP contribution in [0.1, 0.15) is 48.0 Å². The molecule has 0 fully saturated rings. The Morgan fingerprint density at radius 2 is 1.00 bits per heavy atom. The predicted molar refractivity (Wildman–Crippen MR) is 59.3 cm³/mol. The molecule has 0 saturated heterocycles. The molecule has 0 saturated carbocycles. The van der Waals surface area contributed by atoms with Gasteiger partial charge >= 0.3 is 0 Å². The molecule has 0 aromatic rings. The van der Waals surface area contributed by atoms with Crippen LogP contribution in [0.5, 0.6) is 0 Å². The van der Waals surface area contributed by atoms with Crippen molar-refractivity contribution in [1.29, 1.82) is 0 Å². The summed E-state index contributed by atoms with van der Waals surface area (Å²) in [6, 6.07) is 0. The van der Waals surface area contributed by atoms with Crippen LogP contribution < -0.4 is 0 Å². The summed E-state index contributed by atoms with van der Waals surface area (Å²) in [7, 11) is 0. The van der Waals surface area contributed by atoms with Crippen LogP contribution in [0.4, 0.5) is 0 Å². The first-order chi connectivity index (χ1) is 5.55. The van der Waals surface area contributed by atoms with Gasteiger partial charge in [0.05, 0.1) is 6.42 Å². The fraction of sp³-hybridized carbons (Fsp3) is 0.818. The van der Waals surface area contributed by atoms with E-state index in [1.54, 1.807) is 0 Å². The number of rotatable bonds is 2. The quantitative estimate of drug-likeness (QED) is 0.495. The van der Waals surface area contributed by atoms with E-state index in [-0.39, 0.29) is 36.8 Å². The molecule has 0 aliphatic rings. The van der Waals surface area contributed by atoms with Gasteiger partial charge in [0.25, 0.3) is 0 Å². The van der Waals surface area contributed by atoms with E-state index in [0.717, 1.165) is 0 Å². The van der Waals surface area contributed by atoms with Crippen molar-refractivity contribution in [2.24, 2.45) is 10.8 Å². The Morgan fingerprint density at radius 3 is 1.14 bits per heavy atom. The normalized spacial score (nSPS) is 11.9. The number of hydrogen-bond donors (Lipinski definition) is 0. The van der Waals surface area contributed by atoms with Crippen LogP contribution in [0.25, 0.3) is 0 Å². The van der Waals surface area contributed by atoms with Crippen LogP contribution in [-0.4, -0.2) is 30.4 Å². The summed E-state index contributed by atoms with van der Waals surface area (Å²) in [6.45, 7) is 11.0. The zero-order valence-corrected chi connectivity index (χ0v) is 10.5. The molecule has 0 bridgehead atoms. The fourth-order valence-corrected chi connectivity index (χ4v) is 0.676. The molecule has 0 N–H and O–H groups in total. The molecule has 1 radical (unpaired) electrons. The third kappa shape index (κ3) is 5.62. The zero-order valence-electron chi connectivity index (χ0n) is 10.5. The first kappa shape index (κ1) is 16.4. The Balaban J connectivity index is 0. The maximum atomic E-state index is 11.5. The van der Waals surface area contributed by atoms with Gasteiger partial charge in [0.15, 0.2) is 0 Å². The number of ketones is 2. The van der Waals surface area contributed by atoms with Gasteiger partial charge in [0, 0.05) is 29.7 Å². The summed E-state index contributed by atoms with van der Waals surface area (Å²) in [6.07, 6.45) is 0.0625. The summed E-state index contributed by atoms with van der Waals surface area (Å²) < 4.78 is 0. The van der Waals surface area contributed by atoms with Gasteiger partial charge in [-0.05, 0) is 0 Å². The van der Waals surface area contributed by atoms with Crippen molar-refractivity contribution in [2.75, 3.05) is 0 Å². The van der Waals surface area contributed by atoms with Gasteiger partial charge in [0.2, 0.25) is 0 Å². The van der Waals surface area contributed by atoms with Gasteiger partial charge in [-0.15, -0.1) is 0 Å². The molecule has 77 valence electrons. The van der Waals surface area contributed by atoms with Crippen LogP contribution in [0.15, 0.2) is 0 Å². The third-order valence-corrected chi connectivity index (χ3v) is 1.99. The molecule has 0 atom stereocenters. The molecule has 0 aliphatic heterocycles. The van der Waals surface area contributed by atoms with E-state index in [9.17, 15) is 9.59 Å². The van der Waals surface area contributed by atoms with E-state index in [4.69, 9.17) is 0 Å². The van der Waals surface area contributed by atoms with Gasteiger partial charge in [-0.25, -0.2) is 0 Å². The van der Waals surface area contributed by atoms with Crippen molar-refractivity contribution in [3.63, 3.8) is 0 Å². The average molecular weight is 191 g/mol. The van der Waals surface area contributed by atoms with E-state index < -0.39 is 10.8 Å². The van der Waals surface area contributed by atoms with E-state index >= 15 is 0 Å². The summed E-state index contributed by atoms with van der Waals surface area (Å²) >= 11 is 0. The first-order valence-electron chi connectivity index (χ1n) is 4.62. The van der Waals surface area contributed by atoms with Gasteiger partial charge in [-0.3, -0.25) is 9.59 Å². The zero-order chi connectivity index (χ0) is 10.9. The largest absolute Gasteiger partial charge is 0.299 e. The van der Waals surface area contributed by atoms with Crippen molar-refractivity contribution in [1.82, 2.24) is 0 Å². The summed E-state index contributed by atoms with van der Waals surface area (Å²) in [4.78, 5) is 23.0.